The zero-order valence-corrected chi connectivity index (χ0v) is 10.8. The Kier molecular flexibility index (Phi) is 2.27. The van der Waals surface area contributed by atoms with E-state index in [1.54, 1.807) is 0 Å². The van der Waals surface area contributed by atoms with E-state index in [9.17, 15) is 0 Å². The van der Waals surface area contributed by atoms with Crippen LogP contribution in [-0.4, -0.2) is 12.1 Å². The van der Waals surface area contributed by atoms with E-state index in [-0.39, 0.29) is 5.54 Å². The van der Waals surface area contributed by atoms with Gasteiger partial charge in [-0.2, -0.15) is 0 Å². The van der Waals surface area contributed by atoms with Gasteiger partial charge >= 0.3 is 0 Å². The lowest BCUT2D eigenvalue weighted by atomic mass is 9.83. The van der Waals surface area contributed by atoms with Gasteiger partial charge in [-0.15, -0.1) is 0 Å². The first-order valence-corrected chi connectivity index (χ1v) is 6.64. The fraction of sp³-hybridized carbons (Fsp3) is 0.600. The molecule has 2 nitrogen and oxygen atoms in total. The second kappa shape index (κ2) is 3.49. The molecule has 2 heteroatoms. The third-order valence-electron chi connectivity index (χ3n) is 4.52. The van der Waals surface area contributed by atoms with Gasteiger partial charge in [-0.25, -0.2) is 0 Å². The summed E-state index contributed by atoms with van der Waals surface area (Å²) < 4.78 is 5.54. The van der Waals surface area contributed by atoms with Gasteiger partial charge in [-0.3, -0.25) is 0 Å². The molecular formula is C15H21NO. The molecule has 2 aliphatic carbocycles. The minimum atomic E-state index is 0.102. The van der Waals surface area contributed by atoms with Crippen molar-refractivity contribution in [1.82, 2.24) is 0 Å². The summed E-state index contributed by atoms with van der Waals surface area (Å²) in [5.41, 5.74) is 9.65. The van der Waals surface area contributed by atoms with E-state index in [4.69, 9.17) is 10.5 Å². The quantitative estimate of drug-likeness (QED) is 0.864. The number of nitrogens with two attached hydrogens (primary N) is 1. The Hall–Kier alpha value is -1.02. The zero-order valence-electron chi connectivity index (χ0n) is 10.8. The van der Waals surface area contributed by atoms with E-state index in [2.05, 4.69) is 25.1 Å². The van der Waals surface area contributed by atoms with Crippen LogP contribution in [0.5, 0.6) is 5.75 Å². The minimum Gasteiger partial charge on any atom is -0.494 e. The molecule has 17 heavy (non-hydrogen) atoms. The molecule has 2 aliphatic rings. The zero-order chi connectivity index (χ0) is 12.1. The summed E-state index contributed by atoms with van der Waals surface area (Å²) >= 11 is 0. The molecule has 0 aromatic heterocycles. The van der Waals surface area contributed by atoms with Crippen molar-refractivity contribution in [2.24, 2.45) is 5.73 Å². The average Bonchev–Trinajstić information content (AvgIpc) is 3.15. The van der Waals surface area contributed by atoms with Crippen LogP contribution in [0.25, 0.3) is 0 Å². The summed E-state index contributed by atoms with van der Waals surface area (Å²) in [6, 6.07) is 6.49. The molecule has 0 unspecified atom stereocenters. The molecule has 92 valence electrons. The molecule has 0 bridgehead atoms. The lowest BCUT2D eigenvalue weighted by molar-refractivity contribution is 0.339. The topological polar surface area (TPSA) is 35.2 Å². The normalized spacial score (nSPS) is 23.2. The highest BCUT2D eigenvalue weighted by molar-refractivity contribution is 5.47. The van der Waals surface area contributed by atoms with Gasteiger partial charge in [0.1, 0.15) is 5.75 Å². The Bertz CT molecular complexity index is 444. The fourth-order valence-corrected chi connectivity index (χ4v) is 3.20. The van der Waals surface area contributed by atoms with E-state index in [1.807, 2.05) is 6.92 Å². The van der Waals surface area contributed by atoms with Crippen LogP contribution in [-0.2, 0) is 5.41 Å². The van der Waals surface area contributed by atoms with Crippen LogP contribution in [0.3, 0.4) is 0 Å². The Morgan fingerprint density at radius 1 is 1.24 bits per heavy atom. The lowest BCUT2D eigenvalue weighted by Gasteiger charge is -2.25. The molecule has 0 atom stereocenters. The largest absolute Gasteiger partial charge is 0.494 e. The molecule has 1 aromatic rings. The summed E-state index contributed by atoms with van der Waals surface area (Å²) in [6.07, 6.45) is 4.91. The van der Waals surface area contributed by atoms with Crippen LogP contribution in [0.1, 0.15) is 43.7 Å². The van der Waals surface area contributed by atoms with Crippen molar-refractivity contribution in [1.29, 1.82) is 0 Å². The molecule has 0 spiro atoms. The number of rotatable bonds is 4. The molecule has 1 aromatic carbocycles. The first kappa shape index (κ1) is 11.1. The highest BCUT2D eigenvalue weighted by Gasteiger charge is 2.64. The monoisotopic (exact) mass is 231 g/mol. The maximum Gasteiger partial charge on any atom is 0.119 e. The highest BCUT2D eigenvalue weighted by Crippen LogP contribution is 2.64. The summed E-state index contributed by atoms with van der Waals surface area (Å²) in [4.78, 5) is 0. The molecule has 0 heterocycles. The molecule has 0 amide bonds. The van der Waals surface area contributed by atoms with E-state index in [0.717, 1.165) is 12.4 Å². The van der Waals surface area contributed by atoms with Gasteiger partial charge in [-0.1, -0.05) is 6.07 Å². The van der Waals surface area contributed by atoms with E-state index in [1.165, 1.54) is 36.8 Å². The summed E-state index contributed by atoms with van der Waals surface area (Å²) in [5.74, 6) is 0.978. The van der Waals surface area contributed by atoms with E-state index < -0.39 is 0 Å². The van der Waals surface area contributed by atoms with Gasteiger partial charge in [0.25, 0.3) is 0 Å². The molecule has 2 fully saturated rings. The van der Waals surface area contributed by atoms with Crippen molar-refractivity contribution in [3.05, 3.63) is 29.3 Å². The molecule has 2 saturated carbocycles. The van der Waals surface area contributed by atoms with Crippen LogP contribution < -0.4 is 10.5 Å². The van der Waals surface area contributed by atoms with Crippen molar-refractivity contribution >= 4 is 0 Å². The van der Waals surface area contributed by atoms with Crippen molar-refractivity contribution in [2.45, 2.75) is 50.5 Å². The van der Waals surface area contributed by atoms with Crippen LogP contribution in [0.4, 0.5) is 0 Å². The third kappa shape index (κ3) is 1.58. The van der Waals surface area contributed by atoms with Crippen LogP contribution in [0.15, 0.2) is 18.2 Å². The summed E-state index contributed by atoms with van der Waals surface area (Å²) in [6.45, 7) is 4.93. The van der Waals surface area contributed by atoms with Gasteiger partial charge in [0.15, 0.2) is 0 Å². The number of hydrogen-bond donors (Lipinski definition) is 1. The molecule has 2 N–H and O–H groups in total. The predicted octanol–water partition coefficient (Wildman–Crippen LogP) is 2.92. The maximum atomic E-state index is 6.45. The second-order valence-electron chi connectivity index (χ2n) is 5.65. The minimum absolute atomic E-state index is 0.102. The van der Waals surface area contributed by atoms with Gasteiger partial charge in [-0.05, 0) is 62.8 Å². The van der Waals surface area contributed by atoms with Crippen molar-refractivity contribution in [3.8, 4) is 5.75 Å². The van der Waals surface area contributed by atoms with Gasteiger partial charge in [0.05, 0.1) is 6.61 Å². The smallest absolute Gasteiger partial charge is 0.119 e. The number of hydrogen-bond acceptors (Lipinski definition) is 2. The number of benzene rings is 1. The Balaban J connectivity index is 1.94. The number of aryl methyl sites for hydroxylation is 1. The maximum absolute atomic E-state index is 6.45. The Morgan fingerprint density at radius 2 is 1.94 bits per heavy atom. The van der Waals surface area contributed by atoms with Crippen molar-refractivity contribution < 1.29 is 4.74 Å². The van der Waals surface area contributed by atoms with Crippen molar-refractivity contribution in [3.63, 3.8) is 0 Å². The predicted molar refractivity (Wildman–Crippen MR) is 69.4 cm³/mol. The lowest BCUT2D eigenvalue weighted by Crippen LogP contribution is -2.37. The average molecular weight is 231 g/mol. The molecule has 0 aliphatic heterocycles. The molecular weight excluding hydrogens is 210 g/mol. The molecule has 0 saturated heterocycles. The standard InChI is InChI=1S/C15H21NO/c1-3-17-12-4-5-13(11(2)10-12)14(6-7-14)15(16)8-9-15/h4-5,10H,3,6-9,16H2,1-2H3. The van der Waals surface area contributed by atoms with E-state index >= 15 is 0 Å². The molecule has 3 rings (SSSR count). The Labute approximate surface area is 103 Å². The van der Waals surface area contributed by atoms with Gasteiger partial charge in [0.2, 0.25) is 0 Å². The number of ether oxygens (including phenoxy) is 1. The summed E-state index contributed by atoms with van der Waals surface area (Å²) in [7, 11) is 0. The third-order valence-corrected chi connectivity index (χ3v) is 4.52. The fourth-order valence-electron chi connectivity index (χ4n) is 3.20. The van der Waals surface area contributed by atoms with Crippen LogP contribution >= 0.6 is 0 Å². The Morgan fingerprint density at radius 3 is 2.41 bits per heavy atom. The van der Waals surface area contributed by atoms with E-state index in [0.29, 0.717) is 5.41 Å². The molecule has 0 radical (unpaired) electrons. The first-order valence-electron chi connectivity index (χ1n) is 6.64. The summed E-state index contributed by atoms with van der Waals surface area (Å²) in [5, 5.41) is 0. The van der Waals surface area contributed by atoms with Crippen LogP contribution in [0, 0.1) is 6.92 Å². The SMILES string of the molecule is CCOc1ccc(C2(C3(N)CC3)CC2)c(C)c1. The highest BCUT2D eigenvalue weighted by atomic mass is 16.5. The van der Waals surface area contributed by atoms with Crippen molar-refractivity contribution in [2.75, 3.05) is 6.61 Å². The van der Waals surface area contributed by atoms with Gasteiger partial charge in [0, 0.05) is 11.0 Å². The first-order chi connectivity index (χ1) is 8.11. The van der Waals surface area contributed by atoms with Crippen LogP contribution in [0.2, 0.25) is 0 Å². The second-order valence-corrected chi connectivity index (χ2v) is 5.65. The van der Waals surface area contributed by atoms with Gasteiger partial charge < -0.3 is 10.5 Å².